The quantitative estimate of drug-likeness (QED) is 0.575. The van der Waals surface area contributed by atoms with Gasteiger partial charge in [-0.15, -0.1) is 6.58 Å². The molecule has 1 aromatic carbocycles. The van der Waals surface area contributed by atoms with Crippen molar-refractivity contribution in [3.05, 3.63) is 61.2 Å². The minimum Gasteiger partial charge on any atom is -0.394 e. The number of anilines is 1. The molecule has 0 radical (unpaired) electrons. The van der Waals surface area contributed by atoms with Gasteiger partial charge in [0, 0.05) is 11.5 Å². The molecule has 2 N–H and O–H groups in total. The van der Waals surface area contributed by atoms with Gasteiger partial charge in [0.25, 0.3) is 5.91 Å². The molecule has 9 heteroatoms. The molecule has 1 fully saturated rings. The highest BCUT2D eigenvalue weighted by molar-refractivity contribution is 6.06. The lowest BCUT2D eigenvalue weighted by Crippen LogP contribution is -2.28. The van der Waals surface area contributed by atoms with Crippen LogP contribution in [-0.2, 0) is 9.47 Å². The molecule has 30 heavy (non-hydrogen) atoms. The van der Waals surface area contributed by atoms with Crippen molar-refractivity contribution in [1.82, 2.24) is 19.5 Å². The first kappa shape index (κ1) is 20.1. The van der Waals surface area contributed by atoms with Crippen LogP contribution in [0.15, 0.2) is 55.6 Å². The number of nitrogens with one attached hydrogen (secondary N) is 1. The first-order chi connectivity index (χ1) is 14.6. The summed E-state index contributed by atoms with van der Waals surface area (Å²) in [6.07, 6.45) is 3.38. The largest absolute Gasteiger partial charge is 0.394 e. The third-order valence-corrected chi connectivity index (χ3v) is 5.19. The Bertz CT molecular complexity index is 1040. The molecule has 0 spiro atoms. The number of imidazole rings is 1. The Morgan fingerprint density at radius 2 is 2.13 bits per heavy atom. The molecule has 4 atom stereocenters. The molecule has 1 aliphatic rings. The second-order valence-corrected chi connectivity index (χ2v) is 7.06. The molecule has 1 aliphatic heterocycles. The predicted molar refractivity (Wildman–Crippen MR) is 110 cm³/mol. The van der Waals surface area contributed by atoms with Crippen LogP contribution in [0.1, 0.15) is 23.5 Å². The average molecular weight is 409 g/mol. The molecular weight excluding hydrogens is 386 g/mol. The normalized spacial score (nSPS) is 23.5. The van der Waals surface area contributed by atoms with Gasteiger partial charge in [0.15, 0.2) is 23.2 Å². The molecule has 2 aromatic heterocycles. The van der Waals surface area contributed by atoms with Crippen molar-refractivity contribution in [3.63, 3.8) is 0 Å². The van der Waals surface area contributed by atoms with E-state index in [1.54, 1.807) is 41.2 Å². The van der Waals surface area contributed by atoms with Crippen LogP contribution in [0.4, 0.5) is 5.82 Å². The van der Waals surface area contributed by atoms with Crippen molar-refractivity contribution in [2.75, 3.05) is 18.5 Å². The number of rotatable bonds is 7. The minimum atomic E-state index is -0.533. The lowest BCUT2D eigenvalue weighted by molar-refractivity contribution is -0.0641. The summed E-state index contributed by atoms with van der Waals surface area (Å²) in [7, 11) is 0. The Morgan fingerprint density at radius 1 is 1.33 bits per heavy atom. The van der Waals surface area contributed by atoms with Crippen LogP contribution in [0.3, 0.4) is 0 Å². The molecule has 0 saturated carbocycles. The molecule has 4 rings (SSSR count). The van der Waals surface area contributed by atoms with Crippen LogP contribution in [-0.4, -0.2) is 56.0 Å². The number of aliphatic hydroxyl groups excluding tert-OH is 1. The topological polar surface area (TPSA) is 111 Å². The summed E-state index contributed by atoms with van der Waals surface area (Å²) in [5.41, 5.74) is 1.45. The van der Waals surface area contributed by atoms with Crippen molar-refractivity contribution in [3.8, 4) is 0 Å². The van der Waals surface area contributed by atoms with Crippen LogP contribution in [0.2, 0.25) is 0 Å². The Kier molecular flexibility index (Phi) is 5.84. The molecule has 156 valence electrons. The SMILES string of the molecule is C=CCO[C@@H]1[C@H](C)[C@@H](CO)O[C@H]1n1cnc2c(NC(=O)c3ccccc3)ncnc21. The van der Waals surface area contributed by atoms with E-state index in [1.165, 1.54) is 6.33 Å². The number of benzene rings is 1. The summed E-state index contributed by atoms with van der Waals surface area (Å²) >= 11 is 0. The fourth-order valence-corrected chi connectivity index (χ4v) is 3.60. The Hall–Kier alpha value is -3.14. The maximum absolute atomic E-state index is 12.5. The van der Waals surface area contributed by atoms with Gasteiger partial charge in [-0.2, -0.15) is 0 Å². The average Bonchev–Trinajstić information content (AvgIpc) is 3.34. The smallest absolute Gasteiger partial charge is 0.256 e. The van der Waals surface area contributed by atoms with Crippen LogP contribution in [0.25, 0.3) is 11.2 Å². The van der Waals surface area contributed by atoms with Gasteiger partial charge in [-0.25, -0.2) is 15.0 Å². The first-order valence-electron chi connectivity index (χ1n) is 9.66. The number of carbonyl (C=O) groups is 1. The molecule has 3 aromatic rings. The van der Waals surface area contributed by atoms with Crippen LogP contribution in [0.5, 0.6) is 0 Å². The molecule has 9 nitrogen and oxygen atoms in total. The minimum absolute atomic E-state index is 0.0449. The summed E-state index contributed by atoms with van der Waals surface area (Å²) in [6, 6.07) is 8.86. The van der Waals surface area contributed by atoms with E-state index in [1.807, 2.05) is 13.0 Å². The zero-order valence-corrected chi connectivity index (χ0v) is 16.5. The highest BCUT2D eigenvalue weighted by atomic mass is 16.6. The number of carbonyl (C=O) groups excluding carboxylic acids is 1. The number of nitrogens with zero attached hydrogens (tertiary/aromatic N) is 4. The molecule has 0 bridgehead atoms. The van der Waals surface area contributed by atoms with Gasteiger partial charge >= 0.3 is 0 Å². The standard InChI is InChI=1S/C21H23N5O4/c1-3-9-29-17-13(2)15(10-27)30-21(17)26-12-24-16-18(22-11-23-19(16)26)25-20(28)14-7-5-4-6-8-14/h3-8,11-13,15,17,21,27H,1,9-10H2,2H3,(H,22,23,25,28)/t13-,15-,17-,21-/m1/s1. The Balaban J connectivity index is 1.65. The zero-order valence-electron chi connectivity index (χ0n) is 16.5. The molecule has 3 heterocycles. The Labute approximate surface area is 173 Å². The van der Waals surface area contributed by atoms with E-state index in [0.29, 0.717) is 29.2 Å². The summed E-state index contributed by atoms with van der Waals surface area (Å²) in [4.78, 5) is 25.5. The zero-order chi connectivity index (χ0) is 21.1. The molecule has 1 amide bonds. The first-order valence-corrected chi connectivity index (χ1v) is 9.66. The van der Waals surface area contributed by atoms with Crippen molar-refractivity contribution in [2.45, 2.75) is 25.4 Å². The molecule has 0 aliphatic carbocycles. The molecule has 0 unspecified atom stereocenters. The van der Waals surface area contributed by atoms with Gasteiger partial charge in [0.1, 0.15) is 12.4 Å². The monoisotopic (exact) mass is 409 g/mol. The lowest BCUT2D eigenvalue weighted by Gasteiger charge is -2.22. The van der Waals surface area contributed by atoms with E-state index in [-0.39, 0.29) is 30.6 Å². The number of fused-ring (bicyclic) bond motifs is 1. The van der Waals surface area contributed by atoms with Crippen molar-refractivity contribution in [2.24, 2.45) is 5.92 Å². The number of hydrogen-bond donors (Lipinski definition) is 2. The Morgan fingerprint density at radius 3 is 2.87 bits per heavy atom. The van der Waals surface area contributed by atoms with E-state index in [0.717, 1.165) is 0 Å². The second-order valence-electron chi connectivity index (χ2n) is 7.06. The van der Waals surface area contributed by atoms with E-state index in [9.17, 15) is 9.90 Å². The number of aliphatic hydroxyl groups is 1. The van der Waals surface area contributed by atoms with E-state index < -0.39 is 6.23 Å². The fourth-order valence-electron chi connectivity index (χ4n) is 3.60. The lowest BCUT2D eigenvalue weighted by atomic mass is 10.0. The van der Waals surface area contributed by atoms with E-state index in [4.69, 9.17) is 9.47 Å². The van der Waals surface area contributed by atoms with Crippen LogP contribution < -0.4 is 5.32 Å². The van der Waals surface area contributed by atoms with Gasteiger partial charge in [0.2, 0.25) is 0 Å². The second kappa shape index (κ2) is 8.70. The number of hydrogen-bond acceptors (Lipinski definition) is 7. The van der Waals surface area contributed by atoms with Gasteiger partial charge in [0.05, 0.1) is 25.6 Å². The fraction of sp³-hybridized carbons (Fsp3) is 0.333. The van der Waals surface area contributed by atoms with Crippen molar-refractivity contribution in [1.29, 1.82) is 0 Å². The van der Waals surface area contributed by atoms with Gasteiger partial charge in [-0.1, -0.05) is 31.2 Å². The molecule has 1 saturated heterocycles. The highest BCUT2D eigenvalue weighted by Crippen LogP contribution is 2.37. The number of amides is 1. The summed E-state index contributed by atoms with van der Waals surface area (Å²) in [5.74, 6) is -0.0270. The highest BCUT2D eigenvalue weighted by Gasteiger charge is 2.44. The summed E-state index contributed by atoms with van der Waals surface area (Å²) < 4.78 is 13.7. The third-order valence-electron chi connectivity index (χ3n) is 5.19. The van der Waals surface area contributed by atoms with Crippen molar-refractivity contribution < 1.29 is 19.4 Å². The maximum Gasteiger partial charge on any atom is 0.256 e. The third kappa shape index (κ3) is 3.70. The van der Waals surface area contributed by atoms with Gasteiger partial charge < -0.3 is 19.9 Å². The summed E-state index contributed by atoms with van der Waals surface area (Å²) in [6.45, 7) is 5.89. The number of ether oxygens (including phenoxy) is 2. The van der Waals surface area contributed by atoms with Crippen molar-refractivity contribution >= 4 is 22.9 Å². The van der Waals surface area contributed by atoms with E-state index >= 15 is 0 Å². The van der Waals surface area contributed by atoms with Gasteiger partial charge in [-0.3, -0.25) is 9.36 Å². The van der Waals surface area contributed by atoms with Crippen LogP contribution in [0, 0.1) is 5.92 Å². The number of aromatic nitrogens is 4. The predicted octanol–water partition coefficient (Wildman–Crippen LogP) is 2.18. The molecular formula is C21H23N5O4. The summed E-state index contributed by atoms with van der Waals surface area (Å²) in [5, 5.41) is 12.4. The maximum atomic E-state index is 12.5. The van der Waals surface area contributed by atoms with E-state index in [2.05, 4.69) is 26.8 Å². The van der Waals surface area contributed by atoms with Gasteiger partial charge in [-0.05, 0) is 12.1 Å². The van der Waals surface area contributed by atoms with Crippen LogP contribution >= 0.6 is 0 Å².